The van der Waals surface area contributed by atoms with Crippen LogP contribution >= 0.6 is 0 Å². The summed E-state index contributed by atoms with van der Waals surface area (Å²) < 4.78 is 39.8. The van der Waals surface area contributed by atoms with Crippen LogP contribution in [0.2, 0.25) is 0 Å². The molecule has 2 atom stereocenters. The lowest BCUT2D eigenvalue weighted by Crippen LogP contribution is -2.53. The predicted octanol–water partition coefficient (Wildman–Crippen LogP) is 2.69. The lowest BCUT2D eigenvalue weighted by Gasteiger charge is -2.32. The molecule has 0 saturated carbocycles. The van der Waals surface area contributed by atoms with Crippen LogP contribution in [0.15, 0.2) is 53.4 Å². The van der Waals surface area contributed by atoms with Crippen molar-refractivity contribution in [3.05, 3.63) is 65.5 Å². The van der Waals surface area contributed by atoms with Crippen molar-refractivity contribution in [2.75, 3.05) is 6.54 Å². The molecule has 0 spiro atoms. The highest BCUT2D eigenvalue weighted by Crippen LogP contribution is 2.30. The maximum Gasteiger partial charge on any atom is 0.269 e. The summed E-state index contributed by atoms with van der Waals surface area (Å²) in [6.45, 7) is 4.68. The van der Waals surface area contributed by atoms with Crippen molar-refractivity contribution in [2.24, 2.45) is 0 Å². The van der Waals surface area contributed by atoms with Crippen molar-refractivity contribution >= 4 is 27.7 Å². The fraction of sp³-hybridized carbons (Fsp3) is 0.375. The monoisotopic (exact) mass is 489 g/mol. The third-order valence-electron chi connectivity index (χ3n) is 5.84. The van der Waals surface area contributed by atoms with E-state index in [-0.39, 0.29) is 35.4 Å². The van der Waals surface area contributed by atoms with Crippen molar-refractivity contribution in [1.82, 2.24) is 14.5 Å². The molecule has 0 saturated heterocycles. The van der Waals surface area contributed by atoms with Gasteiger partial charge in [0.05, 0.1) is 5.56 Å². The van der Waals surface area contributed by atoms with E-state index in [9.17, 15) is 27.2 Å². The van der Waals surface area contributed by atoms with Crippen molar-refractivity contribution in [3.8, 4) is 0 Å². The minimum Gasteiger partial charge on any atom is -0.352 e. The number of amides is 3. The molecule has 1 heterocycles. The Bertz CT molecular complexity index is 1180. The van der Waals surface area contributed by atoms with Gasteiger partial charge in [0.25, 0.3) is 15.9 Å². The van der Waals surface area contributed by atoms with Gasteiger partial charge in [-0.25, -0.2) is 17.1 Å². The Kier molecular flexibility index (Phi) is 7.71. The molecule has 34 heavy (non-hydrogen) atoms. The van der Waals surface area contributed by atoms with Crippen LogP contribution in [0.5, 0.6) is 0 Å². The predicted molar refractivity (Wildman–Crippen MR) is 124 cm³/mol. The van der Waals surface area contributed by atoms with E-state index in [0.717, 1.165) is 0 Å². The van der Waals surface area contributed by atoms with Gasteiger partial charge >= 0.3 is 0 Å². The molecule has 10 heteroatoms. The van der Waals surface area contributed by atoms with Crippen LogP contribution in [-0.4, -0.2) is 54.0 Å². The molecule has 8 nitrogen and oxygen atoms in total. The average Bonchev–Trinajstić information content (AvgIpc) is 3.00. The Labute approximate surface area is 198 Å². The van der Waals surface area contributed by atoms with Crippen LogP contribution < -0.4 is 5.32 Å². The molecule has 0 aromatic heterocycles. The molecule has 0 unspecified atom stereocenters. The van der Waals surface area contributed by atoms with E-state index in [1.165, 1.54) is 47.4 Å². The van der Waals surface area contributed by atoms with Crippen molar-refractivity contribution in [3.63, 3.8) is 0 Å². The van der Waals surface area contributed by atoms with Gasteiger partial charge in [-0.2, -0.15) is 0 Å². The van der Waals surface area contributed by atoms with E-state index in [2.05, 4.69) is 5.32 Å². The smallest absolute Gasteiger partial charge is 0.269 e. The summed E-state index contributed by atoms with van der Waals surface area (Å²) in [5.74, 6) is -2.33. The van der Waals surface area contributed by atoms with Gasteiger partial charge < -0.3 is 10.2 Å². The van der Waals surface area contributed by atoms with Gasteiger partial charge in [0.15, 0.2) is 0 Å². The first-order valence-corrected chi connectivity index (χ1v) is 12.5. The van der Waals surface area contributed by atoms with Crippen LogP contribution in [0, 0.1) is 5.82 Å². The Morgan fingerprint density at radius 1 is 1.06 bits per heavy atom. The first-order chi connectivity index (χ1) is 16.1. The minimum absolute atomic E-state index is 0.00180. The summed E-state index contributed by atoms with van der Waals surface area (Å²) in [4.78, 5) is 40.3. The lowest BCUT2D eigenvalue weighted by atomic mass is 10.1. The zero-order chi connectivity index (χ0) is 25.0. The molecule has 3 amide bonds. The molecule has 0 radical (unpaired) electrons. The number of halogens is 1. The lowest BCUT2D eigenvalue weighted by molar-refractivity contribution is -0.141. The normalized spacial score (nSPS) is 16.0. The molecule has 0 fully saturated rings. The summed E-state index contributed by atoms with van der Waals surface area (Å²) >= 11 is 0. The van der Waals surface area contributed by atoms with Crippen LogP contribution in [0.3, 0.4) is 0 Å². The second kappa shape index (κ2) is 10.3. The van der Waals surface area contributed by atoms with Crippen molar-refractivity contribution < 1.29 is 27.2 Å². The SMILES string of the molecule is CC[C@H](C(=O)N[C@@H](C)CC)N(Cc1ccc(F)cc1)C(=O)CN1C(=O)c2ccccc2S1(=O)=O. The number of rotatable bonds is 9. The first kappa shape index (κ1) is 25.4. The number of carbonyl (C=O) groups is 3. The molecule has 0 aliphatic carbocycles. The van der Waals surface area contributed by atoms with Gasteiger partial charge in [0, 0.05) is 12.6 Å². The van der Waals surface area contributed by atoms with Crippen molar-refractivity contribution in [2.45, 2.75) is 57.1 Å². The molecule has 3 rings (SSSR count). The van der Waals surface area contributed by atoms with E-state index < -0.39 is 40.2 Å². The Hall–Kier alpha value is -3.27. The molecule has 1 aliphatic heterocycles. The van der Waals surface area contributed by atoms with E-state index in [1.54, 1.807) is 13.0 Å². The quantitative estimate of drug-likeness (QED) is 0.583. The largest absolute Gasteiger partial charge is 0.352 e. The van der Waals surface area contributed by atoms with E-state index in [0.29, 0.717) is 16.3 Å². The number of nitrogens with zero attached hydrogens (tertiary/aromatic N) is 2. The van der Waals surface area contributed by atoms with Crippen LogP contribution in [-0.2, 0) is 26.2 Å². The number of sulfonamides is 1. The third kappa shape index (κ3) is 5.11. The molecule has 182 valence electrons. The summed E-state index contributed by atoms with van der Waals surface area (Å²) in [7, 11) is -4.19. The Morgan fingerprint density at radius 3 is 2.29 bits per heavy atom. The van der Waals surface area contributed by atoms with Crippen LogP contribution in [0.1, 0.15) is 49.5 Å². The molecule has 2 aromatic carbocycles. The Balaban J connectivity index is 1.92. The second-order valence-electron chi connectivity index (χ2n) is 8.20. The molecule has 1 N–H and O–H groups in total. The second-order valence-corrected chi connectivity index (χ2v) is 10.0. The number of nitrogens with one attached hydrogen (secondary N) is 1. The van der Waals surface area contributed by atoms with Crippen LogP contribution in [0.25, 0.3) is 0 Å². The molecule has 2 aromatic rings. The first-order valence-electron chi connectivity index (χ1n) is 11.1. The molecular formula is C24H28FN3O5S. The van der Waals surface area contributed by atoms with Gasteiger partial charge in [-0.05, 0) is 49.6 Å². The number of hydrogen-bond donors (Lipinski definition) is 1. The minimum atomic E-state index is -4.19. The summed E-state index contributed by atoms with van der Waals surface area (Å²) in [6.07, 6.45) is 0.947. The highest BCUT2D eigenvalue weighted by atomic mass is 32.2. The molecule has 0 bridgehead atoms. The van der Waals surface area contributed by atoms with E-state index in [1.807, 2.05) is 13.8 Å². The molecule has 1 aliphatic rings. The van der Waals surface area contributed by atoms with Gasteiger partial charge in [0.2, 0.25) is 11.8 Å². The van der Waals surface area contributed by atoms with E-state index in [4.69, 9.17) is 0 Å². The maximum absolute atomic E-state index is 13.4. The van der Waals surface area contributed by atoms with Gasteiger partial charge in [-0.1, -0.05) is 38.1 Å². The highest BCUT2D eigenvalue weighted by Gasteiger charge is 2.43. The topological polar surface area (TPSA) is 104 Å². The van der Waals surface area contributed by atoms with Crippen LogP contribution in [0.4, 0.5) is 4.39 Å². The zero-order valence-electron chi connectivity index (χ0n) is 19.3. The number of carbonyl (C=O) groups excluding carboxylic acids is 3. The van der Waals surface area contributed by atoms with Gasteiger partial charge in [-0.15, -0.1) is 0 Å². The van der Waals surface area contributed by atoms with E-state index >= 15 is 0 Å². The number of benzene rings is 2. The Morgan fingerprint density at radius 2 is 1.71 bits per heavy atom. The van der Waals surface area contributed by atoms with Gasteiger partial charge in [-0.3, -0.25) is 14.4 Å². The maximum atomic E-state index is 13.4. The summed E-state index contributed by atoms with van der Waals surface area (Å²) in [5, 5.41) is 2.85. The third-order valence-corrected chi connectivity index (χ3v) is 7.63. The summed E-state index contributed by atoms with van der Waals surface area (Å²) in [5.41, 5.74) is 0.561. The standard InChI is InChI=1S/C24H28FN3O5S/c1-4-16(3)26-23(30)20(5-2)27(14-17-10-12-18(25)13-11-17)22(29)15-28-24(31)19-8-6-7-9-21(19)34(28,32)33/h6-13,16,20H,4-5,14-15H2,1-3H3,(H,26,30)/t16-,20+/m0/s1. The number of hydrogen-bond acceptors (Lipinski definition) is 5. The molecular weight excluding hydrogens is 461 g/mol. The van der Waals surface area contributed by atoms with Gasteiger partial charge in [0.1, 0.15) is 23.3 Å². The average molecular weight is 490 g/mol. The zero-order valence-corrected chi connectivity index (χ0v) is 20.1. The fourth-order valence-electron chi connectivity index (χ4n) is 3.75. The fourth-order valence-corrected chi connectivity index (χ4v) is 5.27. The number of fused-ring (bicyclic) bond motifs is 1. The van der Waals surface area contributed by atoms with Crippen molar-refractivity contribution in [1.29, 1.82) is 0 Å². The highest BCUT2D eigenvalue weighted by molar-refractivity contribution is 7.90. The summed E-state index contributed by atoms with van der Waals surface area (Å²) in [6, 6.07) is 10.2.